The molecule has 2 aromatic rings. The zero-order chi connectivity index (χ0) is 20.5. The van der Waals surface area contributed by atoms with E-state index in [9.17, 15) is 4.79 Å². The third-order valence-corrected chi connectivity index (χ3v) is 7.21. The summed E-state index contributed by atoms with van der Waals surface area (Å²) in [5.74, 6) is 1.49. The summed E-state index contributed by atoms with van der Waals surface area (Å²) in [4.78, 5) is 17.2. The van der Waals surface area contributed by atoms with Gasteiger partial charge in [-0.15, -0.1) is 0 Å². The lowest BCUT2D eigenvalue weighted by Gasteiger charge is -2.31. The van der Waals surface area contributed by atoms with Crippen molar-refractivity contribution in [2.75, 3.05) is 44.2 Å². The Kier molecular flexibility index (Phi) is 5.38. The average molecular weight is 406 g/mol. The Morgan fingerprint density at radius 1 is 1.03 bits per heavy atom. The second-order valence-corrected chi connectivity index (χ2v) is 8.90. The lowest BCUT2D eigenvalue weighted by molar-refractivity contribution is 0.0950. The highest BCUT2D eigenvalue weighted by Gasteiger charge is 2.42. The highest BCUT2D eigenvalue weighted by molar-refractivity contribution is 5.68. The minimum Gasteiger partial charge on any atom is -0.445 e. The number of ether oxygens (including phenoxy) is 1. The van der Waals surface area contributed by atoms with Crippen LogP contribution >= 0.6 is 0 Å². The van der Waals surface area contributed by atoms with E-state index in [0.717, 1.165) is 51.3 Å². The summed E-state index contributed by atoms with van der Waals surface area (Å²) in [7, 11) is 0. The number of anilines is 1. The molecular formula is C25H31N3O2. The van der Waals surface area contributed by atoms with Crippen LogP contribution in [0.25, 0.3) is 0 Å². The molecule has 2 bridgehead atoms. The quantitative estimate of drug-likeness (QED) is 0.840. The third kappa shape index (κ3) is 3.67. The molecule has 0 spiro atoms. The molecule has 2 saturated heterocycles. The van der Waals surface area contributed by atoms with Crippen molar-refractivity contribution in [2.24, 2.45) is 5.92 Å². The molecule has 1 N–H and O–H groups in total. The summed E-state index contributed by atoms with van der Waals surface area (Å²) in [5.41, 5.74) is 5.31. The largest absolute Gasteiger partial charge is 0.445 e. The van der Waals surface area contributed by atoms with E-state index in [1.54, 1.807) is 0 Å². The minimum atomic E-state index is -0.182. The predicted molar refractivity (Wildman–Crippen MR) is 119 cm³/mol. The molecule has 2 unspecified atom stereocenters. The Hall–Kier alpha value is -2.53. The summed E-state index contributed by atoms with van der Waals surface area (Å²) in [5, 5.41) is 3.43. The topological polar surface area (TPSA) is 44.8 Å². The van der Waals surface area contributed by atoms with Gasteiger partial charge in [-0.05, 0) is 47.1 Å². The number of nitrogens with zero attached hydrogens (tertiary/aromatic N) is 2. The van der Waals surface area contributed by atoms with Crippen LogP contribution in [0.1, 0.15) is 41.9 Å². The van der Waals surface area contributed by atoms with Crippen LogP contribution in [0.4, 0.5) is 10.5 Å². The van der Waals surface area contributed by atoms with Crippen molar-refractivity contribution >= 4 is 11.8 Å². The molecular weight excluding hydrogens is 374 g/mol. The van der Waals surface area contributed by atoms with Crippen molar-refractivity contribution in [1.82, 2.24) is 10.2 Å². The van der Waals surface area contributed by atoms with Crippen LogP contribution in [-0.2, 0) is 11.3 Å². The molecule has 3 atom stereocenters. The maximum atomic E-state index is 12.8. The zero-order valence-electron chi connectivity index (χ0n) is 17.7. The standard InChI is InChI=1S/C25H31N3O2/c1-18-21-9-12-28(25(29)30-17-19-5-3-2-4-6-19)16-24(18)23-15-20(7-8-22(21)23)27-13-10-26-11-14-27/h2-8,15,18,21,24,26H,9-14,16-17H2,1H3/t18-,21?,24?/m0/s1. The molecule has 2 aliphatic heterocycles. The van der Waals surface area contributed by atoms with E-state index in [1.165, 1.54) is 16.8 Å². The minimum absolute atomic E-state index is 0.182. The lowest BCUT2D eigenvalue weighted by Crippen LogP contribution is -2.43. The van der Waals surface area contributed by atoms with E-state index in [0.29, 0.717) is 24.4 Å². The van der Waals surface area contributed by atoms with Gasteiger partial charge in [0.2, 0.25) is 0 Å². The van der Waals surface area contributed by atoms with Gasteiger partial charge in [0.05, 0.1) is 0 Å². The Bertz CT molecular complexity index is 895. The van der Waals surface area contributed by atoms with Gasteiger partial charge in [0.1, 0.15) is 6.61 Å². The Morgan fingerprint density at radius 2 is 1.83 bits per heavy atom. The SMILES string of the molecule is C[C@H]1C2CCN(C(=O)OCc3ccccc3)CC1c1cc(N3CCNCC3)ccc12. The molecule has 5 nitrogen and oxygen atoms in total. The molecule has 158 valence electrons. The molecule has 2 fully saturated rings. The second kappa shape index (κ2) is 8.31. The van der Waals surface area contributed by atoms with Crippen LogP contribution < -0.4 is 10.2 Å². The van der Waals surface area contributed by atoms with Gasteiger partial charge in [-0.25, -0.2) is 4.79 Å². The number of likely N-dealkylation sites (tertiary alicyclic amines) is 1. The zero-order valence-corrected chi connectivity index (χ0v) is 17.7. The van der Waals surface area contributed by atoms with Gasteiger partial charge in [-0.1, -0.05) is 43.3 Å². The van der Waals surface area contributed by atoms with Crippen LogP contribution in [-0.4, -0.2) is 50.3 Å². The van der Waals surface area contributed by atoms with Gasteiger partial charge in [-0.2, -0.15) is 0 Å². The van der Waals surface area contributed by atoms with E-state index >= 15 is 0 Å². The predicted octanol–water partition coefficient (Wildman–Crippen LogP) is 3.96. The fourth-order valence-electron chi connectivity index (χ4n) is 5.47. The normalized spacial score (nSPS) is 25.6. The maximum Gasteiger partial charge on any atom is 0.410 e. The first-order chi connectivity index (χ1) is 14.7. The Morgan fingerprint density at radius 3 is 2.63 bits per heavy atom. The number of carbonyl (C=O) groups is 1. The summed E-state index contributed by atoms with van der Waals surface area (Å²) in [6.45, 7) is 8.42. The van der Waals surface area contributed by atoms with E-state index in [2.05, 4.69) is 35.3 Å². The van der Waals surface area contributed by atoms with Crippen LogP contribution in [0.3, 0.4) is 0 Å². The highest BCUT2D eigenvalue weighted by atomic mass is 16.6. The summed E-state index contributed by atoms with van der Waals surface area (Å²) in [6.07, 6.45) is 0.830. The number of benzene rings is 2. The molecule has 5 heteroatoms. The van der Waals surface area contributed by atoms with Crippen molar-refractivity contribution in [1.29, 1.82) is 0 Å². The van der Waals surface area contributed by atoms with Gasteiger partial charge in [0.25, 0.3) is 0 Å². The second-order valence-electron chi connectivity index (χ2n) is 8.90. The van der Waals surface area contributed by atoms with Crippen LogP contribution in [0.2, 0.25) is 0 Å². The Balaban J connectivity index is 1.32. The lowest BCUT2D eigenvalue weighted by atomic mass is 9.88. The van der Waals surface area contributed by atoms with Gasteiger partial charge < -0.3 is 19.9 Å². The number of fused-ring (bicyclic) bond motifs is 5. The monoisotopic (exact) mass is 405 g/mol. The smallest absolute Gasteiger partial charge is 0.410 e. The molecule has 3 aliphatic rings. The van der Waals surface area contributed by atoms with E-state index in [1.807, 2.05) is 35.2 Å². The van der Waals surface area contributed by atoms with Gasteiger partial charge in [0.15, 0.2) is 0 Å². The van der Waals surface area contributed by atoms with Gasteiger partial charge in [0, 0.05) is 50.9 Å². The van der Waals surface area contributed by atoms with E-state index in [4.69, 9.17) is 4.74 Å². The van der Waals surface area contributed by atoms with Crippen molar-refractivity contribution in [3.63, 3.8) is 0 Å². The van der Waals surface area contributed by atoms with Crippen molar-refractivity contribution in [2.45, 2.75) is 31.8 Å². The van der Waals surface area contributed by atoms with Crippen molar-refractivity contribution < 1.29 is 9.53 Å². The van der Waals surface area contributed by atoms with E-state index < -0.39 is 0 Å². The number of nitrogens with one attached hydrogen (secondary N) is 1. The number of rotatable bonds is 3. The molecule has 5 rings (SSSR count). The molecule has 0 radical (unpaired) electrons. The summed E-state index contributed by atoms with van der Waals surface area (Å²) < 4.78 is 5.64. The molecule has 1 aliphatic carbocycles. The number of amides is 1. The fraction of sp³-hybridized carbons (Fsp3) is 0.480. The number of hydrogen-bond acceptors (Lipinski definition) is 4. The fourth-order valence-corrected chi connectivity index (χ4v) is 5.47. The molecule has 1 amide bonds. The van der Waals surface area contributed by atoms with Gasteiger partial charge in [-0.3, -0.25) is 0 Å². The number of piperazine rings is 1. The molecule has 2 heterocycles. The highest BCUT2D eigenvalue weighted by Crippen LogP contribution is 2.51. The van der Waals surface area contributed by atoms with Crippen LogP contribution in [0, 0.1) is 5.92 Å². The summed E-state index contributed by atoms with van der Waals surface area (Å²) >= 11 is 0. The van der Waals surface area contributed by atoms with Crippen molar-refractivity contribution in [3.8, 4) is 0 Å². The molecule has 0 aromatic heterocycles. The molecule has 2 aromatic carbocycles. The first-order valence-corrected chi connectivity index (χ1v) is 11.3. The first kappa shape index (κ1) is 19.4. The average Bonchev–Trinajstić information content (AvgIpc) is 2.92. The van der Waals surface area contributed by atoms with Gasteiger partial charge >= 0.3 is 6.09 Å². The van der Waals surface area contributed by atoms with E-state index in [-0.39, 0.29) is 6.09 Å². The van der Waals surface area contributed by atoms with Crippen LogP contribution in [0.15, 0.2) is 48.5 Å². The number of carbonyl (C=O) groups excluding carboxylic acids is 1. The molecule has 0 saturated carbocycles. The maximum absolute atomic E-state index is 12.8. The Labute approximate surface area is 179 Å². The molecule has 30 heavy (non-hydrogen) atoms. The summed E-state index contributed by atoms with van der Waals surface area (Å²) in [6, 6.07) is 17.0. The third-order valence-electron chi connectivity index (χ3n) is 7.21. The first-order valence-electron chi connectivity index (χ1n) is 11.3. The number of hydrogen-bond donors (Lipinski definition) is 1. The van der Waals surface area contributed by atoms with Crippen molar-refractivity contribution in [3.05, 3.63) is 65.2 Å². The van der Waals surface area contributed by atoms with Crippen LogP contribution in [0.5, 0.6) is 0 Å².